The van der Waals surface area contributed by atoms with Crippen molar-refractivity contribution in [2.75, 3.05) is 26.4 Å². The summed E-state index contributed by atoms with van der Waals surface area (Å²) in [5, 5.41) is 99.8. The molecule has 0 saturated carbocycles. The molecule has 0 aromatic rings. The number of ether oxygens (including phenoxy) is 6. The maximum atomic E-state index is 10.6. The third-order valence-corrected chi connectivity index (χ3v) is 6.48. The van der Waals surface area contributed by atoms with E-state index in [0.29, 0.717) is 0 Å². The lowest BCUT2D eigenvalue weighted by atomic mass is 9.98. The van der Waals surface area contributed by atoms with Gasteiger partial charge >= 0.3 is 0 Å². The third kappa shape index (κ3) is 6.93. The van der Waals surface area contributed by atoms with Crippen LogP contribution in [0, 0.1) is 0 Å². The van der Waals surface area contributed by atoms with E-state index in [1.54, 1.807) is 13.8 Å². The molecule has 16 nitrogen and oxygen atoms in total. The van der Waals surface area contributed by atoms with Crippen LogP contribution in [0.4, 0.5) is 0 Å². The molecule has 3 fully saturated rings. The molecule has 0 spiro atoms. The Bertz CT molecular complexity index is 710. The molecule has 0 unspecified atom stereocenters. The molecule has 218 valence electrons. The summed E-state index contributed by atoms with van der Waals surface area (Å²) in [4.78, 5) is 0. The lowest BCUT2D eigenvalue weighted by Crippen LogP contribution is -2.62. The van der Waals surface area contributed by atoms with Gasteiger partial charge in [0.25, 0.3) is 0 Å². The summed E-state index contributed by atoms with van der Waals surface area (Å²) in [5.41, 5.74) is 0. The maximum absolute atomic E-state index is 10.6. The molecule has 3 aliphatic heterocycles. The first-order valence-corrected chi connectivity index (χ1v) is 11.9. The summed E-state index contributed by atoms with van der Waals surface area (Å²) < 4.78 is 32.6. The molecule has 0 aliphatic carbocycles. The van der Waals surface area contributed by atoms with Crippen LogP contribution >= 0.6 is 0 Å². The van der Waals surface area contributed by atoms with Crippen LogP contribution in [0.2, 0.25) is 0 Å². The van der Waals surface area contributed by atoms with Crippen molar-refractivity contribution in [3.63, 3.8) is 0 Å². The second kappa shape index (κ2) is 12.7. The number of hydrogen-bond acceptors (Lipinski definition) is 16. The molecule has 0 amide bonds. The Morgan fingerprint density at radius 1 is 0.676 bits per heavy atom. The molecule has 3 aliphatic rings. The highest BCUT2D eigenvalue weighted by molar-refractivity contribution is 4.93. The lowest BCUT2D eigenvalue weighted by Gasteiger charge is -2.42. The zero-order chi connectivity index (χ0) is 27.7. The minimum absolute atomic E-state index is 0.538. The van der Waals surface area contributed by atoms with Gasteiger partial charge in [-0.05, 0) is 13.8 Å². The van der Waals surface area contributed by atoms with Gasteiger partial charge in [0.2, 0.25) is 0 Å². The van der Waals surface area contributed by atoms with E-state index in [9.17, 15) is 51.1 Å². The van der Waals surface area contributed by atoms with Crippen LogP contribution in [0.25, 0.3) is 0 Å². The van der Waals surface area contributed by atoms with Crippen LogP contribution in [0.5, 0.6) is 0 Å². The number of hydrogen-bond donors (Lipinski definition) is 10. The molecule has 14 atom stereocenters. The Balaban J connectivity index is 1.59. The highest BCUT2D eigenvalue weighted by Crippen LogP contribution is 2.32. The van der Waals surface area contributed by atoms with Crippen LogP contribution in [0.15, 0.2) is 0 Å². The van der Waals surface area contributed by atoms with Crippen LogP contribution in [0.1, 0.15) is 13.8 Å². The fourth-order valence-corrected chi connectivity index (χ4v) is 4.39. The van der Waals surface area contributed by atoms with Gasteiger partial charge in [0.15, 0.2) is 18.4 Å². The van der Waals surface area contributed by atoms with E-state index >= 15 is 0 Å². The Hall–Kier alpha value is -0.640. The second-order valence-electron chi connectivity index (χ2n) is 9.76. The van der Waals surface area contributed by atoms with E-state index in [-0.39, 0.29) is 0 Å². The SMILES string of the molecule is CC1(C)O[C@H]([C@H](O)CO)[C@@H]([C@H](O)CO[C@@H]2O[C@H](CO[C@@H]3O[C@H](CO)[C@@H](O)[C@H](O)[C@H]3O)[C@@H](O)[C@H](O)[C@H]2O)O1. The summed E-state index contributed by atoms with van der Waals surface area (Å²) >= 11 is 0. The molecule has 0 bridgehead atoms. The van der Waals surface area contributed by atoms with Crippen molar-refractivity contribution in [2.45, 2.75) is 105 Å². The fourth-order valence-electron chi connectivity index (χ4n) is 4.39. The Morgan fingerprint density at radius 3 is 1.70 bits per heavy atom. The van der Waals surface area contributed by atoms with Crippen LogP contribution in [-0.4, -0.2) is 169 Å². The smallest absolute Gasteiger partial charge is 0.186 e. The third-order valence-electron chi connectivity index (χ3n) is 6.48. The van der Waals surface area contributed by atoms with Gasteiger partial charge in [0.1, 0.15) is 73.2 Å². The quantitative estimate of drug-likeness (QED) is 0.122. The van der Waals surface area contributed by atoms with Crippen LogP contribution in [0.3, 0.4) is 0 Å². The Labute approximate surface area is 212 Å². The zero-order valence-corrected chi connectivity index (χ0v) is 20.3. The number of aliphatic hydroxyl groups is 10. The molecule has 3 heterocycles. The Kier molecular flexibility index (Phi) is 10.6. The van der Waals surface area contributed by atoms with Gasteiger partial charge in [-0.2, -0.15) is 0 Å². The van der Waals surface area contributed by atoms with Gasteiger partial charge in [-0.3, -0.25) is 0 Å². The van der Waals surface area contributed by atoms with Crippen molar-refractivity contribution in [1.82, 2.24) is 0 Å². The summed E-state index contributed by atoms with van der Waals surface area (Å²) in [6.07, 6.45) is -20.9. The van der Waals surface area contributed by atoms with Crippen molar-refractivity contribution in [3.8, 4) is 0 Å². The molecule has 3 rings (SSSR count). The van der Waals surface area contributed by atoms with Gasteiger partial charge in [-0.1, -0.05) is 0 Å². The van der Waals surface area contributed by atoms with Gasteiger partial charge in [-0.15, -0.1) is 0 Å². The van der Waals surface area contributed by atoms with Crippen molar-refractivity contribution in [3.05, 3.63) is 0 Å². The van der Waals surface area contributed by atoms with Gasteiger partial charge in [0.05, 0.1) is 26.4 Å². The summed E-state index contributed by atoms with van der Waals surface area (Å²) in [6, 6.07) is 0. The van der Waals surface area contributed by atoms with Crippen molar-refractivity contribution >= 4 is 0 Å². The number of rotatable bonds is 10. The first-order valence-electron chi connectivity index (χ1n) is 11.9. The van der Waals surface area contributed by atoms with E-state index in [1.165, 1.54) is 0 Å². The van der Waals surface area contributed by atoms with Crippen LogP contribution in [-0.2, 0) is 28.4 Å². The van der Waals surface area contributed by atoms with Gasteiger partial charge in [0, 0.05) is 0 Å². The molecule has 10 N–H and O–H groups in total. The minimum atomic E-state index is -1.77. The molecule has 0 aromatic carbocycles. The van der Waals surface area contributed by atoms with Crippen LogP contribution < -0.4 is 0 Å². The monoisotopic (exact) mass is 546 g/mol. The molecule has 3 saturated heterocycles. The average molecular weight is 547 g/mol. The van der Waals surface area contributed by atoms with E-state index in [2.05, 4.69) is 0 Å². The molecule has 16 heteroatoms. The average Bonchev–Trinajstić information content (AvgIpc) is 3.20. The zero-order valence-electron chi connectivity index (χ0n) is 20.3. The van der Waals surface area contributed by atoms with Crippen molar-refractivity contribution in [1.29, 1.82) is 0 Å². The summed E-state index contributed by atoms with van der Waals surface area (Å²) in [6.45, 7) is 0.670. The highest BCUT2D eigenvalue weighted by Gasteiger charge is 2.50. The first kappa shape index (κ1) is 30.9. The topological polar surface area (TPSA) is 258 Å². The first-order chi connectivity index (χ1) is 17.3. The van der Waals surface area contributed by atoms with E-state index in [4.69, 9.17) is 28.4 Å². The summed E-state index contributed by atoms with van der Waals surface area (Å²) in [5.74, 6) is -1.18. The van der Waals surface area contributed by atoms with E-state index in [0.717, 1.165) is 0 Å². The minimum Gasteiger partial charge on any atom is -0.394 e. The molecule has 0 aromatic heterocycles. The molecular weight excluding hydrogens is 508 g/mol. The normalized spacial score (nSPS) is 46.1. The van der Waals surface area contributed by atoms with Crippen molar-refractivity contribution in [2.24, 2.45) is 0 Å². The second-order valence-corrected chi connectivity index (χ2v) is 9.76. The molecule has 0 radical (unpaired) electrons. The number of aliphatic hydroxyl groups excluding tert-OH is 10. The summed E-state index contributed by atoms with van der Waals surface area (Å²) in [7, 11) is 0. The lowest BCUT2D eigenvalue weighted by molar-refractivity contribution is -0.333. The predicted molar refractivity (Wildman–Crippen MR) is 115 cm³/mol. The predicted octanol–water partition coefficient (Wildman–Crippen LogP) is -6.14. The molecule has 37 heavy (non-hydrogen) atoms. The van der Waals surface area contributed by atoms with Gasteiger partial charge in [-0.25, -0.2) is 0 Å². The van der Waals surface area contributed by atoms with E-state index < -0.39 is 118 Å². The fraction of sp³-hybridized carbons (Fsp3) is 1.00. The Morgan fingerprint density at radius 2 is 1.16 bits per heavy atom. The largest absolute Gasteiger partial charge is 0.394 e. The standard InChI is InChI=1S/C21H38O16/c1-21(2)36-17(7(24)3-22)18(37-21)8(25)5-32-19-16(31)14(29)12(27)10(35-19)6-33-20-15(30)13(28)11(26)9(4-23)34-20/h7-20,22-31H,3-6H2,1-2H3/t7-,8-,9-,10-,11-,12-,13+,14+,15-,16-,17-,18-,19-,20-/m1/s1. The highest BCUT2D eigenvalue weighted by atomic mass is 16.8. The van der Waals surface area contributed by atoms with E-state index in [1.807, 2.05) is 0 Å². The molecular formula is C21H38O16. The van der Waals surface area contributed by atoms with Gasteiger partial charge < -0.3 is 79.5 Å². The maximum Gasteiger partial charge on any atom is 0.186 e. The van der Waals surface area contributed by atoms with Crippen molar-refractivity contribution < 1.29 is 79.5 Å².